The minimum Gasteiger partial charge on any atom is -0.477 e. The molecular formula is C29H29Cl2N5O4. The molecular weight excluding hydrogens is 553 g/mol. The Balaban J connectivity index is 1.50. The number of aromatic nitrogens is 3. The van der Waals surface area contributed by atoms with Crippen LogP contribution < -0.4 is 15.8 Å². The minimum absolute atomic E-state index is 0.112. The number of amides is 2. The first-order chi connectivity index (χ1) is 19.4. The standard InChI is InChI=1S/C29H29Cl2N5O4/c30-21-15-22(31)17-23(16-21)36-29(24(10-12-37)27(35-36)20-8-4-11-33-18-20)40-13-5-9-26(38)34-25(28(32)39)14-19-6-2-1-3-7-19/h1-4,6-8,11,15-18,25,37H,5,9-10,12-14H2,(H2,32,39)(H,34,38)/t25-/m0/s1. The number of nitrogens with one attached hydrogen (secondary N) is 1. The number of aliphatic hydroxyl groups excluding tert-OH is 1. The highest BCUT2D eigenvalue weighted by Crippen LogP contribution is 2.34. The lowest BCUT2D eigenvalue weighted by Crippen LogP contribution is -2.45. The van der Waals surface area contributed by atoms with Crippen LogP contribution in [0, 0.1) is 0 Å². The minimum atomic E-state index is -0.817. The third-order valence-electron chi connectivity index (χ3n) is 6.07. The summed E-state index contributed by atoms with van der Waals surface area (Å²) >= 11 is 12.5. The van der Waals surface area contributed by atoms with Gasteiger partial charge in [0, 0.05) is 59.4 Å². The van der Waals surface area contributed by atoms with Gasteiger partial charge in [0.25, 0.3) is 0 Å². The Morgan fingerprint density at radius 2 is 1.82 bits per heavy atom. The summed E-state index contributed by atoms with van der Waals surface area (Å²) < 4.78 is 7.74. The Morgan fingerprint density at radius 3 is 2.48 bits per heavy atom. The third kappa shape index (κ3) is 7.59. The lowest BCUT2D eigenvalue weighted by atomic mass is 10.1. The first-order valence-electron chi connectivity index (χ1n) is 12.7. The van der Waals surface area contributed by atoms with E-state index in [0.29, 0.717) is 45.7 Å². The molecule has 0 unspecified atom stereocenters. The van der Waals surface area contributed by atoms with Crippen LogP contribution >= 0.6 is 23.2 Å². The number of benzene rings is 2. The van der Waals surface area contributed by atoms with Crippen molar-refractivity contribution in [2.75, 3.05) is 13.2 Å². The number of aliphatic hydroxyl groups is 1. The second-order valence-electron chi connectivity index (χ2n) is 9.05. The molecule has 4 aromatic rings. The van der Waals surface area contributed by atoms with Gasteiger partial charge in [-0.2, -0.15) is 5.10 Å². The van der Waals surface area contributed by atoms with Crippen molar-refractivity contribution in [3.63, 3.8) is 0 Å². The Kier molecular flexibility index (Phi) is 10.1. The van der Waals surface area contributed by atoms with Crippen LogP contribution in [-0.2, 0) is 22.4 Å². The smallest absolute Gasteiger partial charge is 0.240 e. The Labute approximate surface area is 241 Å². The normalized spacial score (nSPS) is 11.7. The Hall–Kier alpha value is -3.92. The summed E-state index contributed by atoms with van der Waals surface area (Å²) in [7, 11) is 0. The van der Waals surface area contributed by atoms with Gasteiger partial charge >= 0.3 is 0 Å². The van der Waals surface area contributed by atoms with E-state index in [1.54, 1.807) is 41.3 Å². The van der Waals surface area contributed by atoms with Crippen LogP contribution in [-0.4, -0.2) is 50.9 Å². The maximum Gasteiger partial charge on any atom is 0.240 e. The molecule has 1 atom stereocenters. The summed E-state index contributed by atoms with van der Waals surface area (Å²) in [6.07, 6.45) is 4.38. The maximum absolute atomic E-state index is 12.6. The number of halogens is 2. The number of primary amides is 1. The van der Waals surface area contributed by atoms with Crippen molar-refractivity contribution in [1.82, 2.24) is 20.1 Å². The molecule has 0 radical (unpaired) electrons. The summed E-state index contributed by atoms with van der Waals surface area (Å²) in [6, 6.07) is 17.2. The molecule has 11 heteroatoms. The average molecular weight is 582 g/mol. The maximum atomic E-state index is 12.6. The topological polar surface area (TPSA) is 132 Å². The molecule has 9 nitrogen and oxygen atoms in total. The molecule has 0 fully saturated rings. The van der Waals surface area contributed by atoms with E-state index in [-0.39, 0.29) is 32.0 Å². The largest absolute Gasteiger partial charge is 0.477 e. The molecule has 2 heterocycles. The fourth-order valence-corrected chi connectivity index (χ4v) is 4.75. The fraction of sp³-hybridized carbons (Fsp3) is 0.241. The first kappa shape index (κ1) is 29.1. The van der Waals surface area contributed by atoms with E-state index in [9.17, 15) is 14.7 Å². The van der Waals surface area contributed by atoms with Crippen molar-refractivity contribution in [3.8, 4) is 22.8 Å². The number of hydrogen-bond donors (Lipinski definition) is 3. The van der Waals surface area contributed by atoms with Gasteiger partial charge in [0.2, 0.25) is 17.7 Å². The van der Waals surface area contributed by atoms with Crippen molar-refractivity contribution in [3.05, 3.63) is 94.2 Å². The number of carbonyl (C=O) groups is 2. The number of hydrogen-bond acceptors (Lipinski definition) is 6. The molecule has 0 bridgehead atoms. The average Bonchev–Trinajstić information content (AvgIpc) is 3.29. The van der Waals surface area contributed by atoms with Crippen LogP contribution in [0.15, 0.2) is 73.1 Å². The number of nitrogens with two attached hydrogens (primary N) is 1. The number of ether oxygens (including phenoxy) is 1. The molecule has 2 aromatic carbocycles. The van der Waals surface area contributed by atoms with Crippen LogP contribution in [0.25, 0.3) is 16.9 Å². The SMILES string of the molecule is NC(=O)[C@H](Cc1ccccc1)NC(=O)CCCOc1c(CCO)c(-c2cccnc2)nn1-c1cc(Cl)cc(Cl)c1. The summed E-state index contributed by atoms with van der Waals surface area (Å²) in [5.74, 6) is -0.523. The van der Waals surface area contributed by atoms with Gasteiger partial charge < -0.3 is 20.9 Å². The lowest BCUT2D eigenvalue weighted by molar-refractivity contribution is -0.127. The van der Waals surface area contributed by atoms with Crippen molar-refractivity contribution in [2.45, 2.75) is 31.7 Å². The molecule has 0 saturated carbocycles. The van der Waals surface area contributed by atoms with Gasteiger partial charge in [-0.15, -0.1) is 0 Å². The summed E-state index contributed by atoms with van der Waals surface area (Å²) in [5.41, 5.74) is 9.00. The molecule has 4 rings (SSSR count). The van der Waals surface area contributed by atoms with Gasteiger partial charge in [-0.05, 0) is 42.3 Å². The van der Waals surface area contributed by atoms with E-state index in [0.717, 1.165) is 11.1 Å². The van der Waals surface area contributed by atoms with Crippen molar-refractivity contribution < 1.29 is 19.4 Å². The molecule has 2 amide bonds. The predicted molar refractivity (Wildman–Crippen MR) is 154 cm³/mol. The highest BCUT2D eigenvalue weighted by molar-refractivity contribution is 6.34. The van der Waals surface area contributed by atoms with E-state index in [1.807, 2.05) is 36.4 Å². The fourth-order valence-electron chi connectivity index (χ4n) is 4.23. The second-order valence-corrected chi connectivity index (χ2v) is 9.92. The van der Waals surface area contributed by atoms with Gasteiger partial charge in [0.15, 0.2) is 0 Å². The van der Waals surface area contributed by atoms with Gasteiger partial charge in [0.05, 0.1) is 12.3 Å². The van der Waals surface area contributed by atoms with Gasteiger partial charge in [0.1, 0.15) is 11.7 Å². The van der Waals surface area contributed by atoms with Gasteiger partial charge in [-0.3, -0.25) is 14.6 Å². The zero-order valence-corrected chi connectivity index (χ0v) is 23.1. The number of carbonyl (C=O) groups excluding carboxylic acids is 2. The van der Waals surface area contributed by atoms with Gasteiger partial charge in [-0.1, -0.05) is 53.5 Å². The Morgan fingerprint density at radius 1 is 1.07 bits per heavy atom. The molecule has 0 aliphatic heterocycles. The molecule has 0 saturated heterocycles. The molecule has 0 aliphatic carbocycles. The summed E-state index contributed by atoms with van der Waals surface area (Å²) in [6.45, 7) is 0.0299. The van der Waals surface area contributed by atoms with Crippen LogP contribution in [0.1, 0.15) is 24.0 Å². The predicted octanol–water partition coefficient (Wildman–Crippen LogP) is 4.15. The third-order valence-corrected chi connectivity index (χ3v) is 6.51. The van der Waals surface area contributed by atoms with Gasteiger partial charge in [-0.25, -0.2) is 4.68 Å². The van der Waals surface area contributed by atoms with Crippen molar-refractivity contribution in [2.24, 2.45) is 5.73 Å². The van der Waals surface area contributed by atoms with Crippen LogP contribution in [0.2, 0.25) is 10.0 Å². The highest BCUT2D eigenvalue weighted by atomic mass is 35.5. The van der Waals surface area contributed by atoms with Crippen LogP contribution in [0.5, 0.6) is 5.88 Å². The van der Waals surface area contributed by atoms with E-state index < -0.39 is 11.9 Å². The molecule has 0 aliphatic rings. The zero-order valence-electron chi connectivity index (χ0n) is 21.6. The molecule has 0 spiro atoms. The van der Waals surface area contributed by atoms with E-state index >= 15 is 0 Å². The van der Waals surface area contributed by atoms with E-state index in [1.165, 1.54) is 0 Å². The zero-order chi connectivity index (χ0) is 28.5. The van der Waals surface area contributed by atoms with Crippen LogP contribution in [0.4, 0.5) is 0 Å². The second kappa shape index (κ2) is 13.9. The Bertz CT molecular complexity index is 1430. The van der Waals surface area contributed by atoms with Crippen molar-refractivity contribution >= 4 is 35.0 Å². The monoisotopic (exact) mass is 581 g/mol. The number of rotatable bonds is 13. The number of pyridine rings is 1. The first-order valence-corrected chi connectivity index (χ1v) is 13.5. The van der Waals surface area contributed by atoms with E-state index in [2.05, 4.69) is 10.3 Å². The van der Waals surface area contributed by atoms with Crippen molar-refractivity contribution in [1.29, 1.82) is 0 Å². The summed E-state index contributed by atoms with van der Waals surface area (Å²) in [4.78, 5) is 28.7. The van der Waals surface area contributed by atoms with E-state index in [4.69, 9.17) is 38.8 Å². The highest BCUT2D eigenvalue weighted by Gasteiger charge is 2.23. The molecule has 40 heavy (non-hydrogen) atoms. The lowest BCUT2D eigenvalue weighted by Gasteiger charge is -2.16. The number of nitrogens with zero attached hydrogens (tertiary/aromatic N) is 3. The van der Waals surface area contributed by atoms with Crippen LogP contribution in [0.3, 0.4) is 0 Å². The molecule has 2 aromatic heterocycles. The molecule has 208 valence electrons. The molecule has 4 N–H and O–H groups in total. The summed E-state index contributed by atoms with van der Waals surface area (Å²) in [5, 5.41) is 18.1. The quantitative estimate of drug-likeness (QED) is 0.203.